The van der Waals surface area contributed by atoms with E-state index in [1.165, 1.54) is 18.7 Å². The summed E-state index contributed by atoms with van der Waals surface area (Å²) in [4.78, 5) is 12.3. The summed E-state index contributed by atoms with van der Waals surface area (Å²) >= 11 is 12.1. The van der Waals surface area contributed by atoms with Gasteiger partial charge in [0.25, 0.3) is 0 Å². The minimum Gasteiger partial charge on any atom is -0.489 e. The number of aromatic nitrogens is 2. The van der Waals surface area contributed by atoms with Crippen LogP contribution in [0.4, 0.5) is 11.5 Å². The van der Waals surface area contributed by atoms with Crippen LogP contribution in [0.15, 0.2) is 47.5 Å². The average molecular weight is 366 g/mol. The molecule has 0 aliphatic rings. The summed E-state index contributed by atoms with van der Waals surface area (Å²) in [6, 6.07) is 7.25. The Hall–Kier alpha value is -2.31. The smallest absolute Gasteiger partial charge is 0.153 e. The molecule has 0 aliphatic carbocycles. The fourth-order valence-corrected chi connectivity index (χ4v) is 2.09. The van der Waals surface area contributed by atoms with Crippen LogP contribution in [0.5, 0.6) is 0 Å². The van der Waals surface area contributed by atoms with Crippen LogP contribution in [0.3, 0.4) is 0 Å². The second-order valence-electron chi connectivity index (χ2n) is 4.68. The van der Waals surface area contributed by atoms with Crippen molar-refractivity contribution in [2.24, 2.45) is 10.7 Å². The first-order valence-corrected chi connectivity index (χ1v) is 7.91. The minimum absolute atomic E-state index is 0.358. The number of rotatable bonds is 7. The average Bonchev–Trinajstić information content (AvgIpc) is 2.59. The molecule has 0 radical (unpaired) electrons. The van der Waals surface area contributed by atoms with Crippen LogP contribution in [0.2, 0.25) is 10.0 Å². The van der Waals surface area contributed by atoms with Crippen molar-refractivity contribution in [1.82, 2.24) is 9.97 Å². The number of benzene rings is 1. The number of halogens is 2. The van der Waals surface area contributed by atoms with Gasteiger partial charge in [0.2, 0.25) is 0 Å². The molecule has 2 aromatic rings. The Morgan fingerprint density at radius 2 is 2.12 bits per heavy atom. The number of anilines is 1. The van der Waals surface area contributed by atoms with Gasteiger partial charge in [-0.15, -0.1) is 0 Å². The number of hydrogen-bond donors (Lipinski definition) is 2. The van der Waals surface area contributed by atoms with Crippen molar-refractivity contribution in [1.29, 1.82) is 0 Å². The van der Waals surface area contributed by atoms with Crippen LogP contribution in [0, 0.1) is 6.92 Å². The van der Waals surface area contributed by atoms with Gasteiger partial charge in [-0.1, -0.05) is 35.3 Å². The van der Waals surface area contributed by atoms with E-state index in [0.29, 0.717) is 46.2 Å². The molecule has 1 aromatic carbocycles. The van der Waals surface area contributed by atoms with Gasteiger partial charge in [0, 0.05) is 6.20 Å². The molecular formula is C16H17Cl2N5O. The summed E-state index contributed by atoms with van der Waals surface area (Å²) in [6.07, 6.45) is 4.30. The molecule has 24 heavy (non-hydrogen) atoms. The SMILES string of the molecule is Cc1ncnc(NCCOC(C=Nc2ccccc2Cl)=CN)c1Cl. The standard InChI is InChI=1S/C16H17Cl2N5O/c1-11-15(18)16(23-10-22-11)20-6-7-24-12(8-19)9-21-14-5-3-2-4-13(14)17/h2-5,8-10H,6-7,19H2,1H3,(H,20,22,23). The van der Waals surface area contributed by atoms with E-state index in [9.17, 15) is 0 Å². The van der Waals surface area contributed by atoms with Gasteiger partial charge in [-0.3, -0.25) is 4.99 Å². The zero-order valence-electron chi connectivity index (χ0n) is 13.0. The summed E-state index contributed by atoms with van der Waals surface area (Å²) in [7, 11) is 0. The molecule has 126 valence electrons. The molecule has 1 heterocycles. The maximum Gasteiger partial charge on any atom is 0.153 e. The van der Waals surface area contributed by atoms with Crippen molar-refractivity contribution in [2.75, 3.05) is 18.5 Å². The molecule has 1 aromatic heterocycles. The third-order valence-electron chi connectivity index (χ3n) is 2.97. The number of hydrogen-bond acceptors (Lipinski definition) is 6. The molecule has 0 saturated heterocycles. The predicted octanol–water partition coefficient (Wildman–Crippen LogP) is 3.72. The quantitative estimate of drug-likeness (QED) is 0.443. The van der Waals surface area contributed by atoms with E-state index >= 15 is 0 Å². The molecule has 0 amide bonds. The lowest BCUT2D eigenvalue weighted by Crippen LogP contribution is -2.12. The number of ether oxygens (including phenoxy) is 1. The number of allylic oxidation sites excluding steroid dienone is 1. The molecule has 3 N–H and O–H groups in total. The molecule has 0 atom stereocenters. The Balaban J connectivity index is 1.84. The predicted molar refractivity (Wildman–Crippen MR) is 98.1 cm³/mol. The lowest BCUT2D eigenvalue weighted by atomic mass is 10.3. The maximum absolute atomic E-state index is 6.10. The molecule has 8 heteroatoms. The van der Waals surface area contributed by atoms with Gasteiger partial charge in [0.1, 0.15) is 23.8 Å². The molecule has 0 saturated carbocycles. The van der Waals surface area contributed by atoms with E-state index in [-0.39, 0.29) is 0 Å². The van der Waals surface area contributed by atoms with E-state index < -0.39 is 0 Å². The van der Waals surface area contributed by atoms with Crippen LogP contribution in [-0.4, -0.2) is 29.3 Å². The lowest BCUT2D eigenvalue weighted by Gasteiger charge is -2.09. The fourth-order valence-electron chi connectivity index (χ4n) is 1.74. The number of nitrogens with zero attached hydrogens (tertiary/aromatic N) is 3. The number of nitrogens with one attached hydrogen (secondary N) is 1. The van der Waals surface area contributed by atoms with Crippen molar-refractivity contribution in [3.63, 3.8) is 0 Å². The van der Waals surface area contributed by atoms with E-state index in [1.807, 2.05) is 19.1 Å². The van der Waals surface area contributed by atoms with Gasteiger partial charge in [0.15, 0.2) is 5.76 Å². The summed E-state index contributed by atoms with van der Waals surface area (Å²) < 4.78 is 5.54. The highest BCUT2D eigenvalue weighted by Gasteiger charge is 2.04. The zero-order chi connectivity index (χ0) is 17.4. The second kappa shape index (κ2) is 9.10. The van der Waals surface area contributed by atoms with Crippen LogP contribution in [0.1, 0.15) is 5.69 Å². The Labute approximate surface area is 150 Å². The number of para-hydroxylation sites is 1. The normalized spacial score (nSPS) is 11.7. The molecule has 0 unspecified atom stereocenters. The van der Waals surface area contributed by atoms with E-state index in [1.54, 1.807) is 12.1 Å². The first-order valence-electron chi connectivity index (χ1n) is 7.16. The highest BCUT2D eigenvalue weighted by atomic mass is 35.5. The Morgan fingerprint density at radius 1 is 1.33 bits per heavy atom. The van der Waals surface area contributed by atoms with Gasteiger partial charge in [0.05, 0.1) is 29.2 Å². The van der Waals surface area contributed by atoms with Gasteiger partial charge in [-0.2, -0.15) is 0 Å². The summed E-state index contributed by atoms with van der Waals surface area (Å²) in [5.41, 5.74) is 6.89. The molecule has 0 bridgehead atoms. The minimum atomic E-state index is 0.358. The maximum atomic E-state index is 6.10. The van der Waals surface area contributed by atoms with Crippen LogP contribution >= 0.6 is 23.2 Å². The van der Waals surface area contributed by atoms with Crippen molar-refractivity contribution >= 4 is 40.9 Å². The van der Waals surface area contributed by atoms with Gasteiger partial charge in [-0.05, 0) is 19.1 Å². The molecule has 0 spiro atoms. The van der Waals surface area contributed by atoms with Crippen LogP contribution in [0.25, 0.3) is 0 Å². The van der Waals surface area contributed by atoms with E-state index in [4.69, 9.17) is 33.7 Å². The first kappa shape index (κ1) is 18.0. The van der Waals surface area contributed by atoms with Crippen LogP contribution in [-0.2, 0) is 4.74 Å². The molecule has 0 fully saturated rings. The van der Waals surface area contributed by atoms with Crippen LogP contribution < -0.4 is 11.1 Å². The summed E-state index contributed by atoms with van der Waals surface area (Å²) in [5, 5.41) is 4.12. The summed E-state index contributed by atoms with van der Waals surface area (Å²) in [6.45, 7) is 2.66. The van der Waals surface area contributed by atoms with Crippen molar-refractivity contribution in [3.05, 3.63) is 58.3 Å². The lowest BCUT2D eigenvalue weighted by molar-refractivity contribution is 0.245. The van der Waals surface area contributed by atoms with E-state index in [0.717, 1.165) is 0 Å². The monoisotopic (exact) mass is 365 g/mol. The summed E-state index contributed by atoms with van der Waals surface area (Å²) in [5.74, 6) is 0.998. The molecule has 2 rings (SSSR count). The van der Waals surface area contributed by atoms with Crippen molar-refractivity contribution in [3.8, 4) is 0 Å². The van der Waals surface area contributed by atoms with E-state index in [2.05, 4.69) is 20.3 Å². The van der Waals surface area contributed by atoms with Crippen molar-refractivity contribution in [2.45, 2.75) is 6.92 Å². The van der Waals surface area contributed by atoms with Gasteiger partial charge in [-0.25, -0.2) is 9.97 Å². The van der Waals surface area contributed by atoms with Crippen molar-refractivity contribution < 1.29 is 4.74 Å². The number of nitrogens with two attached hydrogens (primary N) is 1. The molecular weight excluding hydrogens is 349 g/mol. The third-order valence-corrected chi connectivity index (χ3v) is 3.75. The Morgan fingerprint density at radius 3 is 2.88 bits per heavy atom. The Kier molecular flexibility index (Phi) is 6.84. The van der Waals surface area contributed by atoms with Gasteiger partial charge >= 0.3 is 0 Å². The first-order chi connectivity index (χ1) is 11.6. The zero-order valence-corrected chi connectivity index (χ0v) is 14.6. The molecule has 6 nitrogen and oxygen atoms in total. The number of aryl methyl sites for hydroxylation is 1. The second-order valence-corrected chi connectivity index (χ2v) is 5.46. The van der Waals surface area contributed by atoms with Gasteiger partial charge < -0.3 is 15.8 Å². The topological polar surface area (TPSA) is 85.4 Å². The third kappa shape index (κ3) is 5.11. The highest BCUT2D eigenvalue weighted by Crippen LogP contribution is 2.23. The Bertz CT molecular complexity index is 749. The largest absolute Gasteiger partial charge is 0.489 e. The highest BCUT2D eigenvalue weighted by molar-refractivity contribution is 6.33. The number of aliphatic imine (C=N–C) groups is 1. The molecule has 0 aliphatic heterocycles. The fraction of sp³-hybridized carbons (Fsp3) is 0.188.